The molecule has 0 saturated heterocycles. The highest BCUT2D eigenvalue weighted by atomic mass is 35.5. The Labute approximate surface area is 126 Å². The van der Waals surface area contributed by atoms with Crippen molar-refractivity contribution in [2.45, 2.75) is 26.4 Å². The zero-order valence-electron chi connectivity index (χ0n) is 11.8. The molecule has 20 heavy (non-hydrogen) atoms. The van der Waals surface area contributed by atoms with E-state index in [-0.39, 0.29) is 0 Å². The van der Waals surface area contributed by atoms with Crippen molar-refractivity contribution in [1.82, 2.24) is 4.90 Å². The van der Waals surface area contributed by atoms with Crippen molar-refractivity contribution >= 4 is 17.3 Å². The summed E-state index contributed by atoms with van der Waals surface area (Å²) in [4.78, 5) is 2.43. The molecule has 2 aromatic carbocycles. The average Bonchev–Trinajstić information content (AvgIpc) is 2.42. The molecule has 2 rings (SSSR count). The molecule has 0 fully saturated rings. The summed E-state index contributed by atoms with van der Waals surface area (Å²) >= 11 is 6.05. The molecule has 3 heteroatoms. The summed E-state index contributed by atoms with van der Waals surface area (Å²) in [5.74, 6) is 0. The monoisotopic (exact) mass is 288 g/mol. The quantitative estimate of drug-likeness (QED) is 0.802. The van der Waals surface area contributed by atoms with E-state index < -0.39 is 0 Å². The minimum atomic E-state index is 0.798. The SMILES string of the molecule is CCCN(Cc1ccc(N)cc1)Cc1cccc(Cl)c1. The molecule has 0 unspecified atom stereocenters. The maximum absolute atomic E-state index is 6.05. The summed E-state index contributed by atoms with van der Waals surface area (Å²) in [7, 11) is 0. The van der Waals surface area contributed by atoms with E-state index in [0.717, 1.165) is 36.8 Å². The van der Waals surface area contributed by atoms with Crippen molar-refractivity contribution in [3.05, 3.63) is 64.7 Å². The van der Waals surface area contributed by atoms with E-state index in [1.165, 1.54) is 11.1 Å². The molecule has 0 saturated carbocycles. The second-order valence-corrected chi connectivity index (χ2v) is 5.52. The number of halogens is 1. The van der Waals surface area contributed by atoms with Gasteiger partial charge in [-0.25, -0.2) is 0 Å². The minimum Gasteiger partial charge on any atom is -0.399 e. The number of nitrogen functional groups attached to an aromatic ring is 1. The van der Waals surface area contributed by atoms with Gasteiger partial charge in [-0.15, -0.1) is 0 Å². The molecule has 0 amide bonds. The second kappa shape index (κ2) is 7.32. The number of benzene rings is 2. The van der Waals surface area contributed by atoms with Gasteiger partial charge in [0.25, 0.3) is 0 Å². The topological polar surface area (TPSA) is 29.3 Å². The van der Waals surface area contributed by atoms with E-state index in [1.807, 2.05) is 30.3 Å². The van der Waals surface area contributed by atoms with Crippen LogP contribution in [0.4, 0.5) is 5.69 Å². The minimum absolute atomic E-state index is 0.798. The Bertz CT molecular complexity index is 537. The fourth-order valence-electron chi connectivity index (χ4n) is 2.31. The van der Waals surface area contributed by atoms with Crippen LogP contribution in [0.25, 0.3) is 0 Å². The van der Waals surface area contributed by atoms with E-state index in [9.17, 15) is 0 Å². The van der Waals surface area contributed by atoms with Gasteiger partial charge in [-0.05, 0) is 48.4 Å². The molecule has 0 aromatic heterocycles. The molecule has 0 bridgehead atoms. The van der Waals surface area contributed by atoms with E-state index in [2.05, 4.69) is 30.0 Å². The highest BCUT2D eigenvalue weighted by Gasteiger charge is 2.06. The molecule has 0 spiro atoms. The Balaban J connectivity index is 2.05. The smallest absolute Gasteiger partial charge is 0.0409 e. The average molecular weight is 289 g/mol. The first-order chi connectivity index (χ1) is 9.67. The first kappa shape index (κ1) is 14.9. The van der Waals surface area contributed by atoms with Crippen molar-refractivity contribution < 1.29 is 0 Å². The van der Waals surface area contributed by atoms with Gasteiger partial charge in [0.15, 0.2) is 0 Å². The van der Waals surface area contributed by atoms with Gasteiger partial charge < -0.3 is 5.73 Å². The van der Waals surface area contributed by atoms with Gasteiger partial charge in [0.1, 0.15) is 0 Å². The Morgan fingerprint density at radius 1 is 1.00 bits per heavy atom. The molecule has 0 heterocycles. The molecule has 0 aliphatic heterocycles. The van der Waals surface area contributed by atoms with Crippen molar-refractivity contribution in [1.29, 1.82) is 0 Å². The first-order valence-electron chi connectivity index (χ1n) is 6.98. The summed E-state index contributed by atoms with van der Waals surface area (Å²) in [5.41, 5.74) is 9.08. The number of nitrogens with two attached hydrogens (primary N) is 1. The van der Waals surface area contributed by atoms with Gasteiger partial charge in [-0.2, -0.15) is 0 Å². The molecular weight excluding hydrogens is 268 g/mol. The highest BCUT2D eigenvalue weighted by Crippen LogP contribution is 2.15. The number of rotatable bonds is 6. The van der Waals surface area contributed by atoms with Crippen LogP contribution in [0, 0.1) is 0 Å². The van der Waals surface area contributed by atoms with E-state index >= 15 is 0 Å². The molecule has 0 aliphatic carbocycles. The van der Waals surface area contributed by atoms with Crippen LogP contribution >= 0.6 is 11.6 Å². The van der Waals surface area contributed by atoms with Crippen molar-refractivity contribution in [2.75, 3.05) is 12.3 Å². The second-order valence-electron chi connectivity index (χ2n) is 5.08. The van der Waals surface area contributed by atoms with E-state index in [1.54, 1.807) is 0 Å². The zero-order chi connectivity index (χ0) is 14.4. The van der Waals surface area contributed by atoms with E-state index in [4.69, 9.17) is 17.3 Å². The number of nitrogens with zero attached hydrogens (tertiary/aromatic N) is 1. The Morgan fingerprint density at radius 2 is 1.70 bits per heavy atom. The van der Waals surface area contributed by atoms with Crippen LogP contribution < -0.4 is 5.73 Å². The molecule has 2 N–H and O–H groups in total. The van der Waals surface area contributed by atoms with Crippen molar-refractivity contribution in [3.63, 3.8) is 0 Å². The standard InChI is InChI=1S/C17H21ClN2/c1-2-10-20(12-14-6-8-17(19)9-7-14)13-15-4-3-5-16(18)11-15/h3-9,11H,2,10,12-13,19H2,1H3. The highest BCUT2D eigenvalue weighted by molar-refractivity contribution is 6.30. The largest absolute Gasteiger partial charge is 0.399 e. The molecule has 0 radical (unpaired) electrons. The fraction of sp³-hybridized carbons (Fsp3) is 0.294. The zero-order valence-corrected chi connectivity index (χ0v) is 12.6. The number of hydrogen-bond donors (Lipinski definition) is 1. The van der Waals surface area contributed by atoms with Crippen LogP contribution in [-0.2, 0) is 13.1 Å². The van der Waals surface area contributed by atoms with Crippen LogP contribution in [-0.4, -0.2) is 11.4 Å². The van der Waals surface area contributed by atoms with Crippen molar-refractivity contribution in [3.8, 4) is 0 Å². The van der Waals surface area contributed by atoms with Crippen LogP contribution in [0.2, 0.25) is 5.02 Å². The lowest BCUT2D eigenvalue weighted by atomic mass is 10.1. The van der Waals surface area contributed by atoms with Crippen LogP contribution in [0.15, 0.2) is 48.5 Å². The molecule has 2 aromatic rings. The van der Waals surface area contributed by atoms with Gasteiger partial charge >= 0.3 is 0 Å². The third kappa shape index (κ3) is 4.55. The predicted molar refractivity (Wildman–Crippen MR) is 86.7 cm³/mol. The maximum Gasteiger partial charge on any atom is 0.0409 e. The Morgan fingerprint density at radius 3 is 2.35 bits per heavy atom. The van der Waals surface area contributed by atoms with Crippen LogP contribution in [0.3, 0.4) is 0 Å². The van der Waals surface area contributed by atoms with Crippen LogP contribution in [0.1, 0.15) is 24.5 Å². The third-order valence-corrected chi connectivity index (χ3v) is 3.46. The molecule has 106 valence electrons. The Hall–Kier alpha value is -1.51. The lowest BCUT2D eigenvalue weighted by Crippen LogP contribution is -2.23. The fourth-order valence-corrected chi connectivity index (χ4v) is 2.52. The lowest BCUT2D eigenvalue weighted by molar-refractivity contribution is 0.257. The molecule has 0 aliphatic rings. The van der Waals surface area contributed by atoms with Crippen LogP contribution in [0.5, 0.6) is 0 Å². The van der Waals surface area contributed by atoms with Crippen molar-refractivity contribution in [2.24, 2.45) is 0 Å². The molecular formula is C17H21ClN2. The summed E-state index contributed by atoms with van der Waals surface area (Å²) < 4.78 is 0. The van der Waals surface area contributed by atoms with E-state index in [0.29, 0.717) is 0 Å². The number of anilines is 1. The van der Waals surface area contributed by atoms with Gasteiger partial charge in [-0.3, -0.25) is 4.90 Å². The number of hydrogen-bond acceptors (Lipinski definition) is 2. The summed E-state index contributed by atoms with van der Waals surface area (Å²) in [5, 5.41) is 0.798. The predicted octanol–water partition coefficient (Wildman–Crippen LogP) is 4.33. The maximum atomic E-state index is 6.05. The summed E-state index contributed by atoms with van der Waals surface area (Å²) in [6.07, 6.45) is 1.13. The summed E-state index contributed by atoms with van der Waals surface area (Å²) in [6, 6.07) is 16.2. The Kier molecular flexibility index (Phi) is 5.45. The van der Waals surface area contributed by atoms with Gasteiger partial charge in [0.2, 0.25) is 0 Å². The summed E-state index contributed by atoms with van der Waals surface area (Å²) in [6.45, 7) is 5.12. The van der Waals surface area contributed by atoms with Gasteiger partial charge in [0.05, 0.1) is 0 Å². The first-order valence-corrected chi connectivity index (χ1v) is 7.36. The lowest BCUT2D eigenvalue weighted by Gasteiger charge is -2.22. The molecule has 0 atom stereocenters. The molecule has 2 nitrogen and oxygen atoms in total. The third-order valence-electron chi connectivity index (χ3n) is 3.22. The normalized spacial score (nSPS) is 10.9. The van der Waals surface area contributed by atoms with Gasteiger partial charge in [-0.1, -0.05) is 42.8 Å². The van der Waals surface area contributed by atoms with Gasteiger partial charge in [0, 0.05) is 23.8 Å².